The fourth-order valence-corrected chi connectivity index (χ4v) is 1.26. The number of hydrogen-bond donors (Lipinski definition) is 2. The van der Waals surface area contributed by atoms with Gasteiger partial charge in [0.25, 0.3) is 0 Å². The van der Waals surface area contributed by atoms with Gasteiger partial charge in [-0.3, -0.25) is 0 Å². The molecular formula is C10H11ClN2O3. The molecule has 0 unspecified atom stereocenters. The van der Waals surface area contributed by atoms with Crippen LogP contribution in [0.1, 0.15) is 10.4 Å². The number of urea groups is 1. The largest absolute Gasteiger partial charge is 0.465 e. The maximum Gasteiger partial charge on any atom is 0.339 e. The van der Waals surface area contributed by atoms with Gasteiger partial charge in [-0.2, -0.15) is 0 Å². The maximum absolute atomic E-state index is 11.3. The quantitative estimate of drug-likeness (QED) is 0.778. The van der Waals surface area contributed by atoms with Crippen LogP contribution in [-0.2, 0) is 4.74 Å². The molecule has 16 heavy (non-hydrogen) atoms. The van der Waals surface area contributed by atoms with Crippen molar-refractivity contribution in [2.45, 2.75) is 0 Å². The Labute approximate surface area is 97.7 Å². The predicted molar refractivity (Wildman–Crippen MR) is 60.9 cm³/mol. The molecule has 0 saturated carbocycles. The van der Waals surface area contributed by atoms with Crippen molar-refractivity contribution in [1.82, 2.24) is 5.32 Å². The molecule has 0 aliphatic heterocycles. The van der Waals surface area contributed by atoms with Gasteiger partial charge in [-0.05, 0) is 18.2 Å². The van der Waals surface area contributed by atoms with Gasteiger partial charge in [0.05, 0.1) is 17.7 Å². The molecule has 0 bridgehead atoms. The lowest BCUT2D eigenvalue weighted by Gasteiger charge is -2.07. The molecule has 0 radical (unpaired) electrons. The molecule has 0 spiro atoms. The van der Waals surface area contributed by atoms with Gasteiger partial charge in [0.15, 0.2) is 0 Å². The number of rotatable bonds is 2. The van der Waals surface area contributed by atoms with Gasteiger partial charge in [0.1, 0.15) is 0 Å². The monoisotopic (exact) mass is 242 g/mol. The molecule has 1 aromatic carbocycles. The number of hydrogen-bond acceptors (Lipinski definition) is 3. The lowest BCUT2D eigenvalue weighted by Crippen LogP contribution is -2.24. The van der Waals surface area contributed by atoms with Crippen LogP contribution in [0.4, 0.5) is 10.5 Å². The first-order valence-corrected chi connectivity index (χ1v) is 4.83. The predicted octanol–water partition coefficient (Wildman–Crippen LogP) is 1.88. The van der Waals surface area contributed by atoms with Crippen molar-refractivity contribution in [3.63, 3.8) is 0 Å². The summed E-state index contributed by atoms with van der Waals surface area (Å²) in [5.41, 5.74) is 0.669. The number of nitrogens with one attached hydrogen (secondary N) is 2. The van der Waals surface area contributed by atoms with Gasteiger partial charge < -0.3 is 15.4 Å². The summed E-state index contributed by atoms with van der Waals surface area (Å²) >= 11 is 5.81. The molecule has 0 heterocycles. The Balaban J connectivity index is 2.98. The SMILES string of the molecule is CNC(=O)Nc1ccc(Cl)c(C(=O)OC)c1. The molecule has 0 fully saturated rings. The second-order valence-corrected chi connectivity index (χ2v) is 3.30. The van der Waals surface area contributed by atoms with Gasteiger partial charge in [-0.25, -0.2) is 9.59 Å². The standard InChI is InChI=1S/C10H11ClN2O3/c1-12-10(15)13-6-3-4-8(11)7(5-6)9(14)16-2/h3-5H,1-2H3,(H2,12,13,15). The highest BCUT2D eigenvalue weighted by molar-refractivity contribution is 6.33. The van der Waals surface area contributed by atoms with E-state index in [4.69, 9.17) is 11.6 Å². The van der Waals surface area contributed by atoms with E-state index in [1.807, 2.05) is 0 Å². The zero-order valence-corrected chi connectivity index (χ0v) is 9.59. The Morgan fingerprint density at radius 2 is 2.06 bits per heavy atom. The van der Waals surface area contributed by atoms with E-state index in [0.29, 0.717) is 5.69 Å². The third-order valence-corrected chi connectivity index (χ3v) is 2.19. The van der Waals surface area contributed by atoms with Gasteiger partial charge in [-0.1, -0.05) is 11.6 Å². The Morgan fingerprint density at radius 1 is 1.38 bits per heavy atom. The van der Waals surface area contributed by atoms with Crippen molar-refractivity contribution in [2.24, 2.45) is 0 Å². The first-order chi connectivity index (χ1) is 7.58. The number of methoxy groups -OCH3 is 1. The molecule has 1 rings (SSSR count). The van der Waals surface area contributed by atoms with Gasteiger partial charge in [-0.15, -0.1) is 0 Å². The molecule has 0 aromatic heterocycles. The number of anilines is 1. The number of benzene rings is 1. The smallest absolute Gasteiger partial charge is 0.339 e. The van der Waals surface area contributed by atoms with E-state index in [1.54, 1.807) is 6.07 Å². The summed E-state index contributed by atoms with van der Waals surface area (Å²) in [5.74, 6) is -0.550. The van der Waals surface area contributed by atoms with Crippen molar-refractivity contribution < 1.29 is 14.3 Å². The van der Waals surface area contributed by atoms with Crippen LogP contribution in [0.15, 0.2) is 18.2 Å². The fraction of sp³-hybridized carbons (Fsp3) is 0.200. The first-order valence-electron chi connectivity index (χ1n) is 4.45. The zero-order valence-electron chi connectivity index (χ0n) is 8.83. The molecule has 5 nitrogen and oxygen atoms in total. The number of halogens is 1. The van der Waals surface area contributed by atoms with Crippen LogP contribution < -0.4 is 10.6 Å². The second kappa shape index (κ2) is 5.37. The van der Waals surface area contributed by atoms with Crippen molar-refractivity contribution in [1.29, 1.82) is 0 Å². The number of amides is 2. The maximum atomic E-state index is 11.3. The van der Waals surface area contributed by atoms with E-state index in [-0.39, 0.29) is 16.6 Å². The van der Waals surface area contributed by atoms with Crippen LogP contribution in [0.5, 0.6) is 0 Å². The van der Waals surface area contributed by atoms with Crippen LogP contribution in [0, 0.1) is 0 Å². The summed E-state index contributed by atoms with van der Waals surface area (Å²) in [5, 5.41) is 5.19. The van der Waals surface area contributed by atoms with Crippen molar-refractivity contribution in [3.05, 3.63) is 28.8 Å². The Bertz CT molecular complexity index is 421. The molecule has 2 N–H and O–H groups in total. The average Bonchev–Trinajstić information content (AvgIpc) is 2.30. The molecule has 0 aliphatic carbocycles. The molecule has 0 aliphatic rings. The summed E-state index contributed by atoms with van der Waals surface area (Å²) < 4.78 is 4.55. The minimum Gasteiger partial charge on any atom is -0.465 e. The highest BCUT2D eigenvalue weighted by atomic mass is 35.5. The van der Waals surface area contributed by atoms with Crippen molar-refractivity contribution in [2.75, 3.05) is 19.5 Å². The van der Waals surface area contributed by atoms with E-state index in [0.717, 1.165) is 0 Å². The van der Waals surface area contributed by atoms with E-state index in [1.165, 1.54) is 26.3 Å². The molecule has 2 amide bonds. The summed E-state index contributed by atoms with van der Waals surface area (Å²) in [6, 6.07) is 4.17. The fourth-order valence-electron chi connectivity index (χ4n) is 1.06. The van der Waals surface area contributed by atoms with Crippen molar-refractivity contribution >= 4 is 29.3 Å². The van der Waals surface area contributed by atoms with Crippen LogP contribution in [0.2, 0.25) is 5.02 Å². The number of carbonyl (C=O) groups is 2. The topological polar surface area (TPSA) is 67.4 Å². The number of carbonyl (C=O) groups excluding carboxylic acids is 2. The minimum absolute atomic E-state index is 0.207. The first kappa shape index (κ1) is 12.3. The van der Waals surface area contributed by atoms with E-state index < -0.39 is 5.97 Å². The lowest BCUT2D eigenvalue weighted by atomic mass is 10.2. The van der Waals surface area contributed by atoms with Crippen molar-refractivity contribution in [3.8, 4) is 0 Å². The molecule has 0 saturated heterocycles. The molecule has 6 heteroatoms. The molecule has 0 atom stereocenters. The zero-order chi connectivity index (χ0) is 12.1. The van der Waals surface area contributed by atoms with Crippen LogP contribution >= 0.6 is 11.6 Å². The van der Waals surface area contributed by atoms with Gasteiger partial charge in [0.2, 0.25) is 0 Å². The summed E-state index contributed by atoms with van der Waals surface area (Å²) in [7, 11) is 2.75. The van der Waals surface area contributed by atoms with Crippen LogP contribution in [-0.4, -0.2) is 26.2 Å². The molecular weight excluding hydrogens is 232 g/mol. The highest BCUT2D eigenvalue weighted by Gasteiger charge is 2.11. The third kappa shape index (κ3) is 2.87. The number of esters is 1. The Morgan fingerprint density at radius 3 is 2.62 bits per heavy atom. The summed E-state index contributed by atoms with van der Waals surface area (Å²) in [6.45, 7) is 0. The summed E-state index contributed by atoms with van der Waals surface area (Å²) in [4.78, 5) is 22.4. The van der Waals surface area contributed by atoms with E-state index in [2.05, 4.69) is 15.4 Å². The molecule has 1 aromatic rings. The van der Waals surface area contributed by atoms with Gasteiger partial charge in [0, 0.05) is 12.7 Å². The third-order valence-electron chi connectivity index (χ3n) is 1.86. The van der Waals surface area contributed by atoms with Crippen LogP contribution in [0.3, 0.4) is 0 Å². The van der Waals surface area contributed by atoms with E-state index in [9.17, 15) is 9.59 Å². The minimum atomic E-state index is -0.550. The second-order valence-electron chi connectivity index (χ2n) is 2.89. The lowest BCUT2D eigenvalue weighted by molar-refractivity contribution is 0.0601. The number of ether oxygens (including phenoxy) is 1. The Hall–Kier alpha value is -1.75. The van der Waals surface area contributed by atoms with Crippen LogP contribution in [0.25, 0.3) is 0 Å². The van der Waals surface area contributed by atoms with E-state index >= 15 is 0 Å². The average molecular weight is 243 g/mol. The molecule has 86 valence electrons. The summed E-state index contributed by atoms with van der Waals surface area (Å²) in [6.07, 6.45) is 0. The van der Waals surface area contributed by atoms with Gasteiger partial charge >= 0.3 is 12.0 Å². The highest BCUT2D eigenvalue weighted by Crippen LogP contribution is 2.21. The Kier molecular flexibility index (Phi) is 4.13. The normalized spacial score (nSPS) is 9.44.